The van der Waals surface area contributed by atoms with E-state index in [0.717, 1.165) is 25.3 Å². The van der Waals surface area contributed by atoms with Gasteiger partial charge in [0.2, 0.25) is 0 Å². The van der Waals surface area contributed by atoms with Crippen LogP contribution in [0, 0.1) is 0 Å². The van der Waals surface area contributed by atoms with Gasteiger partial charge in [0, 0.05) is 24.8 Å². The molecule has 1 aromatic rings. The van der Waals surface area contributed by atoms with Gasteiger partial charge in [-0.3, -0.25) is 0 Å². The minimum atomic E-state index is 0.712. The van der Waals surface area contributed by atoms with Crippen molar-refractivity contribution in [2.24, 2.45) is 0 Å². The quantitative estimate of drug-likeness (QED) is 0.752. The molecule has 1 aromatic carbocycles. The van der Waals surface area contributed by atoms with Crippen LogP contribution in [0.5, 0.6) is 5.75 Å². The van der Waals surface area contributed by atoms with Gasteiger partial charge in [0.15, 0.2) is 0 Å². The third-order valence-electron chi connectivity index (χ3n) is 2.59. The van der Waals surface area contributed by atoms with Crippen LogP contribution in [-0.4, -0.2) is 19.7 Å². The predicted molar refractivity (Wildman–Crippen MR) is 70.2 cm³/mol. The number of nitrogens with zero attached hydrogens (tertiary/aromatic N) is 1. The van der Waals surface area contributed by atoms with Gasteiger partial charge in [0.1, 0.15) is 5.75 Å². The van der Waals surface area contributed by atoms with Gasteiger partial charge in [-0.25, -0.2) is 0 Å². The fourth-order valence-corrected chi connectivity index (χ4v) is 1.65. The zero-order valence-corrected chi connectivity index (χ0v) is 10.5. The highest BCUT2D eigenvalue weighted by Gasteiger charge is 2.06. The van der Waals surface area contributed by atoms with Crippen molar-refractivity contribution in [3.8, 4) is 5.75 Å². The Kier molecular flexibility index (Phi) is 4.96. The average Bonchev–Trinajstić information content (AvgIpc) is 2.31. The molecule has 0 fully saturated rings. The lowest BCUT2D eigenvalue weighted by atomic mass is 10.2. The number of hydrogen-bond donors (Lipinski definition) is 1. The standard InChI is InChI=1S/C13H22N2O/c1-4-9-16-13-10-11(7-8-12(13)14)15(5-2)6-3/h7-8,10H,4-6,9,14H2,1-3H3. The first kappa shape index (κ1) is 12.7. The molecule has 0 aliphatic heterocycles. The summed E-state index contributed by atoms with van der Waals surface area (Å²) in [5.41, 5.74) is 7.75. The molecule has 0 aliphatic carbocycles. The number of anilines is 2. The molecule has 90 valence electrons. The van der Waals surface area contributed by atoms with Crippen molar-refractivity contribution in [2.75, 3.05) is 30.3 Å². The molecule has 0 saturated heterocycles. The lowest BCUT2D eigenvalue weighted by Crippen LogP contribution is -2.21. The molecule has 0 radical (unpaired) electrons. The first-order valence-corrected chi connectivity index (χ1v) is 6.00. The molecule has 0 saturated carbocycles. The number of nitrogen functional groups attached to an aromatic ring is 1. The SMILES string of the molecule is CCCOc1cc(N(CC)CC)ccc1N. The summed E-state index contributed by atoms with van der Waals surface area (Å²) in [5.74, 6) is 0.797. The van der Waals surface area contributed by atoms with Gasteiger partial charge in [-0.15, -0.1) is 0 Å². The maximum atomic E-state index is 5.87. The van der Waals surface area contributed by atoms with Crippen molar-refractivity contribution in [3.63, 3.8) is 0 Å². The van der Waals surface area contributed by atoms with Crippen molar-refractivity contribution in [1.29, 1.82) is 0 Å². The van der Waals surface area contributed by atoms with Crippen molar-refractivity contribution in [2.45, 2.75) is 27.2 Å². The number of nitrogens with two attached hydrogens (primary N) is 1. The molecule has 2 N–H and O–H groups in total. The van der Waals surface area contributed by atoms with E-state index in [9.17, 15) is 0 Å². The fraction of sp³-hybridized carbons (Fsp3) is 0.538. The monoisotopic (exact) mass is 222 g/mol. The summed E-state index contributed by atoms with van der Waals surface area (Å²) in [6, 6.07) is 5.98. The summed E-state index contributed by atoms with van der Waals surface area (Å²) in [6.07, 6.45) is 0.995. The van der Waals surface area contributed by atoms with Gasteiger partial charge in [0.05, 0.1) is 12.3 Å². The Balaban J connectivity index is 2.87. The lowest BCUT2D eigenvalue weighted by molar-refractivity contribution is 0.319. The van der Waals surface area contributed by atoms with E-state index in [4.69, 9.17) is 10.5 Å². The Morgan fingerprint density at radius 1 is 1.19 bits per heavy atom. The van der Waals surface area contributed by atoms with E-state index >= 15 is 0 Å². The average molecular weight is 222 g/mol. The van der Waals surface area contributed by atoms with Crippen molar-refractivity contribution >= 4 is 11.4 Å². The van der Waals surface area contributed by atoms with Crippen LogP contribution in [0.15, 0.2) is 18.2 Å². The molecule has 0 amide bonds. The Morgan fingerprint density at radius 2 is 1.88 bits per heavy atom. The summed E-state index contributed by atoms with van der Waals surface area (Å²) >= 11 is 0. The van der Waals surface area contributed by atoms with Crippen molar-refractivity contribution < 1.29 is 4.74 Å². The molecule has 0 unspecified atom stereocenters. The van der Waals surface area contributed by atoms with E-state index in [1.54, 1.807) is 0 Å². The molecular weight excluding hydrogens is 200 g/mol. The molecule has 0 aliphatic rings. The highest BCUT2D eigenvalue weighted by Crippen LogP contribution is 2.27. The smallest absolute Gasteiger partial charge is 0.144 e. The third kappa shape index (κ3) is 3.05. The van der Waals surface area contributed by atoms with Crippen LogP contribution in [0.25, 0.3) is 0 Å². The fourth-order valence-electron chi connectivity index (χ4n) is 1.65. The lowest BCUT2D eigenvalue weighted by Gasteiger charge is -2.22. The van der Waals surface area contributed by atoms with Crippen LogP contribution in [0.2, 0.25) is 0 Å². The van der Waals surface area contributed by atoms with Gasteiger partial charge in [-0.2, -0.15) is 0 Å². The minimum Gasteiger partial charge on any atom is -0.491 e. The van der Waals surface area contributed by atoms with Crippen molar-refractivity contribution in [3.05, 3.63) is 18.2 Å². The molecule has 0 heterocycles. The van der Waals surface area contributed by atoms with Crippen LogP contribution >= 0.6 is 0 Å². The minimum absolute atomic E-state index is 0.712. The van der Waals surface area contributed by atoms with E-state index in [2.05, 4.69) is 25.7 Å². The Labute approximate surface area is 98.2 Å². The Morgan fingerprint density at radius 3 is 2.44 bits per heavy atom. The van der Waals surface area contributed by atoms with Crippen LogP contribution in [-0.2, 0) is 0 Å². The highest BCUT2D eigenvalue weighted by molar-refractivity contribution is 5.62. The van der Waals surface area contributed by atoms with Gasteiger partial charge in [0.25, 0.3) is 0 Å². The first-order valence-electron chi connectivity index (χ1n) is 6.00. The Bertz CT molecular complexity index is 322. The maximum Gasteiger partial charge on any atom is 0.144 e. The zero-order chi connectivity index (χ0) is 12.0. The second kappa shape index (κ2) is 6.26. The summed E-state index contributed by atoms with van der Waals surface area (Å²) < 4.78 is 5.61. The Hall–Kier alpha value is -1.38. The summed E-state index contributed by atoms with van der Waals surface area (Å²) in [7, 11) is 0. The molecule has 0 bridgehead atoms. The maximum absolute atomic E-state index is 5.87. The number of ether oxygens (including phenoxy) is 1. The van der Waals surface area contributed by atoms with Gasteiger partial charge >= 0.3 is 0 Å². The van der Waals surface area contributed by atoms with E-state index in [-0.39, 0.29) is 0 Å². The van der Waals surface area contributed by atoms with Crippen LogP contribution in [0.3, 0.4) is 0 Å². The predicted octanol–water partition coefficient (Wildman–Crippen LogP) is 2.90. The zero-order valence-electron chi connectivity index (χ0n) is 10.5. The summed E-state index contributed by atoms with van der Waals surface area (Å²) in [6.45, 7) is 9.08. The van der Waals surface area contributed by atoms with E-state index in [1.807, 2.05) is 18.2 Å². The number of hydrogen-bond acceptors (Lipinski definition) is 3. The molecule has 0 aromatic heterocycles. The normalized spacial score (nSPS) is 10.2. The van der Waals surface area contributed by atoms with Gasteiger partial charge in [-0.1, -0.05) is 6.92 Å². The highest BCUT2D eigenvalue weighted by atomic mass is 16.5. The molecule has 0 atom stereocenters. The second-order valence-corrected chi connectivity index (χ2v) is 3.74. The van der Waals surface area contributed by atoms with Gasteiger partial charge in [-0.05, 0) is 32.4 Å². The summed E-state index contributed by atoms with van der Waals surface area (Å²) in [5, 5.41) is 0. The van der Waals surface area contributed by atoms with Crippen molar-refractivity contribution in [1.82, 2.24) is 0 Å². The van der Waals surface area contributed by atoms with E-state index < -0.39 is 0 Å². The molecular formula is C13H22N2O. The number of benzene rings is 1. The molecule has 0 spiro atoms. The topological polar surface area (TPSA) is 38.5 Å². The number of rotatable bonds is 6. The second-order valence-electron chi connectivity index (χ2n) is 3.74. The van der Waals surface area contributed by atoms with Crippen LogP contribution in [0.4, 0.5) is 11.4 Å². The first-order chi connectivity index (χ1) is 7.72. The molecule has 3 heteroatoms. The summed E-state index contributed by atoms with van der Waals surface area (Å²) in [4.78, 5) is 2.28. The molecule has 16 heavy (non-hydrogen) atoms. The van der Waals surface area contributed by atoms with Crippen LogP contribution in [0.1, 0.15) is 27.2 Å². The molecule has 3 nitrogen and oxygen atoms in total. The van der Waals surface area contributed by atoms with Gasteiger partial charge < -0.3 is 15.4 Å². The van der Waals surface area contributed by atoms with Crippen LogP contribution < -0.4 is 15.4 Å². The van der Waals surface area contributed by atoms with E-state index in [1.165, 1.54) is 5.69 Å². The third-order valence-corrected chi connectivity index (χ3v) is 2.59. The largest absolute Gasteiger partial charge is 0.491 e. The van der Waals surface area contributed by atoms with E-state index in [0.29, 0.717) is 12.3 Å². The molecule has 1 rings (SSSR count).